The summed E-state index contributed by atoms with van der Waals surface area (Å²) in [7, 11) is 0. The Morgan fingerprint density at radius 3 is 2.85 bits per heavy atom. The van der Waals surface area contributed by atoms with Gasteiger partial charge in [0.15, 0.2) is 0 Å². The number of carbonyl (C=O) groups is 1. The van der Waals surface area contributed by atoms with Gasteiger partial charge < -0.3 is 20.2 Å². The number of carbonyl (C=O) groups excluding carboxylic acids is 1. The molecule has 1 aliphatic rings. The monoisotopic (exact) mass is 272 g/mol. The SMILES string of the molecule is NCc1ccc(COc2ccc3c(c2)CCC(=O)N3)o1. The molecule has 1 aromatic carbocycles. The quantitative estimate of drug-likeness (QED) is 0.894. The molecule has 0 saturated carbocycles. The van der Waals surface area contributed by atoms with Crippen LogP contribution in [-0.4, -0.2) is 5.91 Å². The zero-order valence-corrected chi connectivity index (χ0v) is 11.0. The molecule has 0 fully saturated rings. The molecular formula is C15H16N2O3. The van der Waals surface area contributed by atoms with E-state index < -0.39 is 0 Å². The first-order chi connectivity index (χ1) is 9.74. The van der Waals surface area contributed by atoms with Crippen LogP contribution in [0.4, 0.5) is 5.69 Å². The predicted octanol–water partition coefficient (Wildman–Crippen LogP) is 2.20. The van der Waals surface area contributed by atoms with Crippen molar-refractivity contribution in [1.29, 1.82) is 0 Å². The maximum Gasteiger partial charge on any atom is 0.224 e. The minimum Gasteiger partial charge on any atom is -0.486 e. The highest BCUT2D eigenvalue weighted by Crippen LogP contribution is 2.27. The summed E-state index contributed by atoms with van der Waals surface area (Å²) in [6.07, 6.45) is 1.27. The van der Waals surface area contributed by atoms with E-state index in [1.165, 1.54) is 0 Å². The maximum absolute atomic E-state index is 11.3. The lowest BCUT2D eigenvalue weighted by atomic mass is 10.0. The number of anilines is 1. The van der Waals surface area contributed by atoms with Crippen LogP contribution in [0.15, 0.2) is 34.7 Å². The Morgan fingerprint density at radius 1 is 1.20 bits per heavy atom. The molecule has 0 radical (unpaired) electrons. The summed E-state index contributed by atoms with van der Waals surface area (Å²) in [4.78, 5) is 11.3. The molecule has 104 valence electrons. The standard InChI is InChI=1S/C15H16N2O3/c16-8-12-2-3-13(20-12)9-19-11-4-5-14-10(7-11)1-6-15(18)17-14/h2-5,7H,1,6,8-9,16H2,(H,17,18). The van der Waals surface area contributed by atoms with Gasteiger partial charge in [-0.1, -0.05) is 0 Å². The molecule has 5 nitrogen and oxygen atoms in total. The van der Waals surface area contributed by atoms with Crippen molar-refractivity contribution in [2.75, 3.05) is 5.32 Å². The third-order valence-corrected chi connectivity index (χ3v) is 3.27. The average molecular weight is 272 g/mol. The van der Waals surface area contributed by atoms with Gasteiger partial charge >= 0.3 is 0 Å². The van der Waals surface area contributed by atoms with Crippen LogP contribution in [0.5, 0.6) is 5.75 Å². The van der Waals surface area contributed by atoms with E-state index in [1.54, 1.807) is 0 Å². The zero-order chi connectivity index (χ0) is 13.9. The number of hydrogen-bond acceptors (Lipinski definition) is 4. The summed E-state index contributed by atoms with van der Waals surface area (Å²) < 4.78 is 11.2. The number of amides is 1. The van der Waals surface area contributed by atoms with Crippen LogP contribution in [-0.2, 0) is 24.4 Å². The van der Waals surface area contributed by atoms with Crippen molar-refractivity contribution in [3.8, 4) is 5.75 Å². The molecule has 0 atom stereocenters. The molecule has 1 amide bonds. The molecule has 0 spiro atoms. The number of aryl methyl sites for hydroxylation is 1. The van der Waals surface area contributed by atoms with Crippen molar-refractivity contribution in [3.05, 3.63) is 47.4 Å². The van der Waals surface area contributed by atoms with Crippen LogP contribution >= 0.6 is 0 Å². The number of rotatable bonds is 4. The van der Waals surface area contributed by atoms with E-state index in [2.05, 4.69) is 5.32 Å². The number of nitrogens with two attached hydrogens (primary N) is 1. The van der Waals surface area contributed by atoms with Crippen molar-refractivity contribution in [3.63, 3.8) is 0 Å². The molecule has 1 aliphatic heterocycles. The van der Waals surface area contributed by atoms with Gasteiger partial charge in [0.2, 0.25) is 5.91 Å². The third-order valence-electron chi connectivity index (χ3n) is 3.27. The van der Waals surface area contributed by atoms with Gasteiger partial charge in [0.05, 0.1) is 6.54 Å². The average Bonchev–Trinajstić information content (AvgIpc) is 2.93. The predicted molar refractivity (Wildman–Crippen MR) is 74.3 cm³/mol. The first-order valence-electron chi connectivity index (χ1n) is 6.58. The number of furan rings is 1. The molecule has 3 N–H and O–H groups in total. The van der Waals surface area contributed by atoms with Crippen molar-refractivity contribution in [2.45, 2.75) is 26.0 Å². The molecule has 0 unspecified atom stereocenters. The second kappa shape index (κ2) is 5.38. The molecule has 2 aromatic rings. The van der Waals surface area contributed by atoms with E-state index in [0.717, 1.165) is 34.9 Å². The normalized spacial score (nSPS) is 13.8. The fourth-order valence-electron chi connectivity index (χ4n) is 2.21. The van der Waals surface area contributed by atoms with E-state index in [-0.39, 0.29) is 5.91 Å². The molecule has 0 saturated heterocycles. The topological polar surface area (TPSA) is 77.5 Å². The lowest BCUT2D eigenvalue weighted by molar-refractivity contribution is -0.116. The lowest BCUT2D eigenvalue weighted by Crippen LogP contribution is -2.18. The summed E-state index contributed by atoms with van der Waals surface area (Å²) in [5.74, 6) is 2.33. The first-order valence-corrected chi connectivity index (χ1v) is 6.58. The summed E-state index contributed by atoms with van der Waals surface area (Å²) in [5, 5.41) is 2.84. The van der Waals surface area contributed by atoms with Crippen molar-refractivity contribution < 1.29 is 13.9 Å². The first kappa shape index (κ1) is 12.7. The van der Waals surface area contributed by atoms with Crippen molar-refractivity contribution in [1.82, 2.24) is 0 Å². The van der Waals surface area contributed by atoms with Crippen LogP contribution in [0.3, 0.4) is 0 Å². The molecule has 1 aromatic heterocycles. The molecule has 0 bridgehead atoms. The van der Waals surface area contributed by atoms with E-state index in [9.17, 15) is 4.79 Å². The van der Waals surface area contributed by atoms with Gasteiger partial charge in [0.1, 0.15) is 23.9 Å². The smallest absolute Gasteiger partial charge is 0.224 e. The highest BCUT2D eigenvalue weighted by molar-refractivity contribution is 5.93. The second-order valence-corrected chi connectivity index (χ2v) is 4.73. The van der Waals surface area contributed by atoms with Crippen LogP contribution in [0.25, 0.3) is 0 Å². The number of ether oxygens (including phenoxy) is 1. The Kier molecular flexibility index (Phi) is 3.43. The van der Waals surface area contributed by atoms with Gasteiger partial charge in [-0.05, 0) is 42.3 Å². The fourth-order valence-corrected chi connectivity index (χ4v) is 2.21. The van der Waals surface area contributed by atoms with E-state index in [4.69, 9.17) is 14.9 Å². The molecule has 0 aliphatic carbocycles. The minimum absolute atomic E-state index is 0.0658. The Morgan fingerprint density at radius 2 is 2.05 bits per heavy atom. The third kappa shape index (κ3) is 2.67. The molecule has 2 heterocycles. The summed E-state index contributed by atoms with van der Waals surface area (Å²) >= 11 is 0. The zero-order valence-electron chi connectivity index (χ0n) is 11.0. The van der Waals surface area contributed by atoms with E-state index in [1.807, 2.05) is 30.3 Å². The van der Waals surface area contributed by atoms with E-state index >= 15 is 0 Å². The maximum atomic E-state index is 11.3. The molecule has 20 heavy (non-hydrogen) atoms. The second-order valence-electron chi connectivity index (χ2n) is 4.73. The largest absolute Gasteiger partial charge is 0.486 e. The minimum atomic E-state index is 0.0658. The van der Waals surface area contributed by atoms with Crippen molar-refractivity contribution in [2.24, 2.45) is 5.73 Å². The van der Waals surface area contributed by atoms with Gasteiger partial charge in [-0.15, -0.1) is 0 Å². The number of fused-ring (bicyclic) bond motifs is 1. The Bertz CT molecular complexity index is 634. The Balaban J connectivity index is 1.67. The van der Waals surface area contributed by atoms with Crippen LogP contribution in [0, 0.1) is 0 Å². The van der Waals surface area contributed by atoms with Gasteiger partial charge in [0, 0.05) is 12.1 Å². The summed E-state index contributed by atoms with van der Waals surface area (Å²) in [5.41, 5.74) is 7.46. The molecule has 3 rings (SSSR count). The fraction of sp³-hybridized carbons (Fsp3) is 0.267. The van der Waals surface area contributed by atoms with Crippen LogP contribution in [0.1, 0.15) is 23.5 Å². The highest BCUT2D eigenvalue weighted by Gasteiger charge is 2.15. The van der Waals surface area contributed by atoms with E-state index in [0.29, 0.717) is 19.6 Å². The highest BCUT2D eigenvalue weighted by atomic mass is 16.5. The van der Waals surface area contributed by atoms with Gasteiger partial charge in [-0.3, -0.25) is 4.79 Å². The Hall–Kier alpha value is -2.27. The summed E-state index contributed by atoms with van der Waals surface area (Å²) in [6, 6.07) is 9.38. The van der Waals surface area contributed by atoms with Gasteiger partial charge in [-0.25, -0.2) is 0 Å². The number of nitrogens with one attached hydrogen (secondary N) is 1. The summed E-state index contributed by atoms with van der Waals surface area (Å²) in [6.45, 7) is 0.754. The van der Waals surface area contributed by atoms with Gasteiger partial charge in [0.25, 0.3) is 0 Å². The number of hydrogen-bond donors (Lipinski definition) is 2. The van der Waals surface area contributed by atoms with Crippen LogP contribution in [0.2, 0.25) is 0 Å². The molecule has 5 heteroatoms. The lowest BCUT2D eigenvalue weighted by Gasteiger charge is -2.17. The van der Waals surface area contributed by atoms with Crippen LogP contribution < -0.4 is 15.8 Å². The number of benzene rings is 1. The van der Waals surface area contributed by atoms with Gasteiger partial charge in [-0.2, -0.15) is 0 Å². The Labute approximate surface area is 116 Å². The van der Waals surface area contributed by atoms with Crippen molar-refractivity contribution >= 4 is 11.6 Å². The molecular weight excluding hydrogens is 256 g/mol.